The maximum absolute atomic E-state index is 10.6. The van der Waals surface area contributed by atoms with Gasteiger partial charge in [0.15, 0.2) is 0 Å². The Balaban J connectivity index is 0.00000169. The monoisotopic (exact) mass is 261 g/mol. The molecule has 0 radical (unpaired) electrons. The Kier molecular flexibility index (Phi) is 5.19. The number of benzene rings is 1. The van der Waals surface area contributed by atoms with E-state index in [1.807, 2.05) is 0 Å². The zero-order valence-electron chi connectivity index (χ0n) is 7.43. The maximum atomic E-state index is 10.6. The molecule has 0 saturated carbocycles. The number of carboxylic acids is 1. The first kappa shape index (κ1) is 12.9. The van der Waals surface area contributed by atoms with Crippen LogP contribution in [0.1, 0.15) is 15.9 Å². The number of hydrogen-bond acceptors (Lipinski definition) is 3. The molecule has 1 aromatic rings. The van der Waals surface area contributed by atoms with Crippen LogP contribution < -0.4 is 5.73 Å². The number of hydrogen-bond donors (Lipinski definition) is 3. The zero-order valence-corrected chi connectivity index (χ0v) is 9.15. The molecule has 0 amide bonds. The van der Waals surface area contributed by atoms with Gasteiger partial charge in [-0.2, -0.15) is 0 Å². The Morgan fingerprint density at radius 3 is 2.57 bits per heavy atom. The van der Waals surface area contributed by atoms with Crippen LogP contribution in [0.15, 0.2) is 18.2 Å². The Morgan fingerprint density at radius 1 is 1.43 bits per heavy atom. The minimum Gasteiger partial charge on any atom is -0.507 e. The van der Waals surface area contributed by atoms with Crippen LogP contribution >= 0.6 is 17.0 Å². The van der Waals surface area contributed by atoms with Crippen molar-refractivity contribution in [2.45, 2.75) is 6.42 Å². The number of halogens is 1. The number of aromatic carboxylic acids is 1. The van der Waals surface area contributed by atoms with Crippen molar-refractivity contribution >= 4 is 23.0 Å². The molecule has 4 N–H and O–H groups in total. The highest BCUT2D eigenvalue weighted by Crippen LogP contribution is 2.18. The highest BCUT2D eigenvalue weighted by atomic mass is 79.9. The second-order valence-corrected chi connectivity index (χ2v) is 2.70. The number of rotatable bonds is 3. The van der Waals surface area contributed by atoms with E-state index in [1.165, 1.54) is 12.1 Å². The predicted molar refractivity (Wildman–Crippen MR) is 58.1 cm³/mol. The van der Waals surface area contributed by atoms with E-state index in [9.17, 15) is 4.79 Å². The third kappa shape index (κ3) is 3.01. The highest BCUT2D eigenvalue weighted by molar-refractivity contribution is 8.93. The first-order valence-corrected chi connectivity index (χ1v) is 3.90. The Bertz CT molecular complexity index is 328. The molecule has 0 bridgehead atoms. The lowest BCUT2D eigenvalue weighted by atomic mass is 10.1. The van der Waals surface area contributed by atoms with Crippen LogP contribution in [-0.4, -0.2) is 22.7 Å². The van der Waals surface area contributed by atoms with E-state index >= 15 is 0 Å². The van der Waals surface area contributed by atoms with Crippen molar-refractivity contribution in [2.24, 2.45) is 5.73 Å². The van der Waals surface area contributed by atoms with Crippen LogP contribution in [0.2, 0.25) is 0 Å². The first-order chi connectivity index (χ1) is 6.15. The second-order valence-electron chi connectivity index (χ2n) is 2.70. The molecule has 78 valence electrons. The fourth-order valence-corrected chi connectivity index (χ4v) is 1.08. The molecule has 0 spiro atoms. The molecular formula is C9H12BrNO3. The van der Waals surface area contributed by atoms with Crippen LogP contribution in [0.5, 0.6) is 5.75 Å². The lowest BCUT2D eigenvalue weighted by Crippen LogP contribution is -2.04. The summed E-state index contributed by atoms with van der Waals surface area (Å²) in [5.74, 6) is -1.34. The third-order valence-corrected chi connectivity index (χ3v) is 1.72. The first-order valence-electron chi connectivity index (χ1n) is 3.90. The molecule has 14 heavy (non-hydrogen) atoms. The van der Waals surface area contributed by atoms with Crippen molar-refractivity contribution in [3.8, 4) is 5.75 Å². The maximum Gasteiger partial charge on any atom is 0.339 e. The van der Waals surface area contributed by atoms with Crippen LogP contribution in [-0.2, 0) is 6.42 Å². The largest absolute Gasteiger partial charge is 0.507 e. The molecule has 0 aliphatic carbocycles. The van der Waals surface area contributed by atoms with Crippen molar-refractivity contribution < 1.29 is 15.0 Å². The van der Waals surface area contributed by atoms with Gasteiger partial charge in [-0.25, -0.2) is 4.79 Å². The summed E-state index contributed by atoms with van der Waals surface area (Å²) in [4.78, 5) is 10.6. The number of phenols is 1. The van der Waals surface area contributed by atoms with Crippen molar-refractivity contribution in [2.75, 3.05) is 6.54 Å². The SMILES string of the molecule is Br.NCCc1ccc(O)c(C(=O)O)c1. The molecule has 0 unspecified atom stereocenters. The summed E-state index contributed by atoms with van der Waals surface area (Å²) in [6, 6.07) is 4.47. The van der Waals surface area contributed by atoms with Gasteiger partial charge in [-0.3, -0.25) is 0 Å². The van der Waals surface area contributed by atoms with Gasteiger partial charge in [0, 0.05) is 0 Å². The molecule has 5 heteroatoms. The fourth-order valence-electron chi connectivity index (χ4n) is 1.08. The lowest BCUT2D eigenvalue weighted by Gasteiger charge is -2.02. The molecular weight excluding hydrogens is 250 g/mol. The zero-order chi connectivity index (χ0) is 9.84. The number of carbonyl (C=O) groups is 1. The predicted octanol–water partition coefficient (Wildman–Crippen LogP) is 1.17. The normalized spacial score (nSPS) is 9.21. The van der Waals surface area contributed by atoms with Gasteiger partial charge in [-0.1, -0.05) is 6.07 Å². The van der Waals surface area contributed by atoms with Gasteiger partial charge < -0.3 is 15.9 Å². The van der Waals surface area contributed by atoms with E-state index in [2.05, 4.69) is 0 Å². The van der Waals surface area contributed by atoms with E-state index in [-0.39, 0.29) is 28.3 Å². The lowest BCUT2D eigenvalue weighted by molar-refractivity contribution is 0.0693. The van der Waals surface area contributed by atoms with Gasteiger partial charge in [0.1, 0.15) is 11.3 Å². The average Bonchev–Trinajstić information content (AvgIpc) is 2.08. The van der Waals surface area contributed by atoms with Crippen molar-refractivity contribution in [3.05, 3.63) is 29.3 Å². The fraction of sp³-hybridized carbons (Fsp3) is 0.222. The van der Waals surface area contributed by atoms with E-state index in [0.29, 0.717) is 13.0 Å². The minimum atomic E-state index is -1.13. The van der Waals surface area contributed by atoms with Gasteiger partial charge in [0.25, 0.3) is 0 Å². The van der Waals surface area contributed by atoms with Gasteiger partial charge >= 0.3 is 5.97 Å². The Labute approximate surface area is 92.1 Å². The molecule has 0 aliphatic rings. The van der Waals surface area contributed by atoms with Crippen molar-refractivity contribution in [3.63, 3.8) is 0 Å². The molecule has 0 fully saturated rings. The molecule has 1 aromatic carbocycles. The summed E-state index contributed by atoms with van der Waals surface area (Å²) in [7, 11) is 0. The molecule has 1 rings (SSSR count). The van der Waals surface area contributed by atoms with E-state index in [1.54, 1.807) is 6.07 Å². The topological polar surface area (TPSA) is 83.5 Å². The summed E-state index contributed by atoms with van der Waals surface area (Å²) in [5.41, 5.74) is 6.05. The molecule has 0 heterocycles. The summed E-state index contributed by atoms with van der Waals surface area (Å²) < 4.78 is 0. The summed E-state index contributed by atoms with van der Waals surface area (Å²) in [6.07, 6.45) is 0.612. The van der Waals surface area contributed by atoms with E-state index < -0.39 is 5.97 Å². The van der Waals surface area contributed by atoms with Gasteiger partial charge in [-0.05, 0) is 30.7 Å². The average molecular weight is 262 g/mol. The van der Waals surface area contributed by atoms with Crippen molar-refractivity contribution in [1.29, 1.82) is 0 Å². The summed E-state index contributed by atoms with van der Waals surface area (Å²) in [6.45, 7) is 0.462. The Morgan fingerprint density at radius 2 is 2.07 bits per heavy atom. The van der Waals surface area contributed by atoms with Gasteiger partial charge in [-0.15, -0.1) is 17.0 Å². The number of nitrogens with two attached hydrogens (primary N) is 1. The highest BCUT2D eigenvalue weighted by Gasteiger charge is 2.09. The quantitative estimate of drug-likeness (QED) is 0.763. The Hall–Kier alpha value is -1.07. The molecule has 0 atom stereocenters. The number of carboxylic acid groups (broad SMARTS) is 1. The van der Waals surface area contributed by atoms with E-state index in [0.717, 1.165) is 5.56 Å². The van der Waals surface area contributed by atoms with Crippen LogP contribution in [0.4, 0.5) is 0 Å². The van der Waals surface area contributed by atoms with Gasteiger partial charge in [0.2, 0.25) is 0 Å². The van der Waals surface area contributed by atoms with Crippen LogP contribution in [0.3, 0.4) is 0 Å². The standard InChI is InChI=1S/C9H11NO3.BrH/c10-4-3-6-1-2-8(11)7(5-6)9(12)13;/h1-2,5,11H,3-4,10H2,(H,12,13);1H. The number of aromatic hydroxyl groups is 1. The molecule has 0 saturated heterocycles. The van der Waals surface area contributed by atoms with E-state index in [4.69, 9.17) is 15.9 Å². The van der Waals surface area contributed by atoms with Gasteiger partial charge in [0.05, 0.1) is 0 Å². The summed E-state index contributed by atoms with van der Waals surface area (Å²) in [5, 5.41) is 17.8. The minimum absolute atomic E-state index is 0. The molecule has 0 aromatic heterocycles. The summed E-state index contributed by atoms with van der Waals surface area (Å²) >= 11 is 0. The third-order valence-electron chi connectivity index (χ3n) is 1.72. The smallest absolute Gasteiger partial charge is 0.339 e. The molecule has 0 aliphatic heterocycles. The van der Waals surface area contributed by atoms with Crippen LogP contribution in [0, 0.1) is 0 Å². The second kappa shape index (κ2) is 5.62. The van der Waals surface area contributed by atoms with Crippen molar-refractivity contribution in [1.82, 2.24) is 0 Å². The van der Waals surface area contributed by atoms with Crippen LogP contribution in [0.25, 0.3) is 0 Å². The molecule has 4 nitrogen and oxygen atoms in total.